The highest BCUT2D eigenvalue weighted by atomic mass is 79.9. The summed E-state index contributed by atoms with van der Waals surface area (Å²) in [4.78, 5) is 2.47. The maximum atomic E-state index is 12.7. The number of hydrogen-bond donors (Lipinski definition) is 1. The Hall–Kier alpha value is -1.65. The Morgan fingerprint density at radius 1 is 1.04 bits per heavy atom. The number of sulfonamides is 1. The zero-order valence-electron chi connectivity index (χ0n) is 15.1. The summed E-state index contributed by atoms with van der Waals surface area (Å²) in [5.41, 5.74) is 0.977. The van der Waals surface area contributed by atoms with Gasteiger partial charge in [-0.2, -0.15) is 0 Å². The van der Waals surface area contributed by atoms with Crippen molar-refractivity contribution in [2.24, 2.45) is 0 Å². The highest BCUT2D eigenvalue weighted by Gasteiger charge is 2.27. The zero-order chi connectivity index (χ0) is 19.6. The van der Waals surface area contributed by atoms with Gasteiger partial charge in [0.05, 0.1) is 18.1 Å². The summed E-state index contributed by atoms with van der Waals surface area (Å²) in [5.74, 6) is 1.39. The van der Waals surface area contributed by atoms with Crippen molar-refractivity contribution < 1.29 is 22.6 Å². The van der Waals surface area contributed by atoms with E-state index in [0.717, 1.165) is 23.1 Å². The summed E-state index contributed by atoms with van der Waals surface area (Å²) < 4.78 is 45.4. The summed E-state index contributed by atoms with van der Waals surface area (Å²) in [6.45, 7) is 3.18. The normalized spacial score (nSPS) is 18.2. The molecule has 2 aromatic rings. The Bertz CT molecular complexity index is 930. The number of rotatable bonds is 6. The van der Waals surface area contributed by atoms with E-state index in [4.69, 9.17) is 14.2 Å². The van der Waals surface area contributed by atoms with Crippen molar-refractivity contribution in [1.29, 1.82) is 0 Å². The van der Waals surface area contributed by atoms with Gasteiger partial charge in [0.2, 0.25) is 16.8 Å². The Labute approximate surface area is 172 Å². The smallest absolute Gasteiger partial charge is 0.240 e. The molecule has 28 heavy (non-hydrogen) atoms. The molecule has 0 radical (unpaired) electrons. The molecule has 0 spiro atoms. The molecule has 0 aromatic heterocycles. The van der Waals surface area contributed by atoms with Crippen LogP contribution in [0.4, 0.5) is 0 Å². The monoisotopic (exact) mass is 468 g/mol. The van der Waals surface area contributed by atoms with E-state index in [9.17, 15) is 8.42 Å². The molecule has 0 unspecified atom stereocenters. The third kappa shape index (κ3) is 4.33. The van der Waals surface area contributed by atoms with Crippen molar-refractivity contribution >= 4 is 26.0 Å². The lowest BCUT2D eigenvalue weighted by Gasteiger charge is -2.35. The summed E-state index contributed by atoms with van der Waals surface area (Å²) in [6.07, 6.45) is 0. The van der Waals surface area contributed by atoms with Gasteiger partial charge >= 0.3 is 0 Å². The van der Waals surface area contributed by atoms with Crippen LogP contribution in [0.1, 0.15) is 11.6 Å². The molecule has 2 aromatic carbocycles. The van der Waals surface area contributed by atoms with Gasteiger partial charge in [0, 0.05) is 30.1 Å². The fraction of sp³-hybridized carbons (Fsp3) is 0.368. The molecule has 1 atom stereocenters. The van der Waals surface area contributed by atoms with E-state index in [2.05, 4.69) is 25.6 Å². The Morgan fingerprint density at radius 3 is 2.50 bits per heavy atom. The first-order chi connectivity index (χ1) is 13.5. The van der Waals surface area contributed by atoms with E-state index in [1.807, 2.05) is 18.2 Å². The molecule has 0 aliphatic carbocycles. The fourth-order valence-corrected chi connectivity index (χ4v) is 4.66. The maximum Gasteiger partial charge on any atom is 0.240 e. The average molecular weight is 469 g/mol. The van der Waals surface area contributed by atoms with Crippen LogP contribution in [-0.2, 0) is 14.8 Å². The number of hydrogen-bond acceptors (Lipinski definition) is 6. The van der Waals surface area contributed by atoms with Crippen molar-refractivity contribution in [3.05, 3.63) is 52.5 Å². The predicted molar refractivity (Wildman–Crippen MR) is 107 cm³/mol. The van der Waals surface area contributed by atoms with Crippen LogP contribution in [0.25, 0.3) is 0 Å². The average Bonchev–Trinajstić information content (AvgIpc) is 3.17. The second kappa shape index (κ2) is 8.38. The first-order valence-electron chi connectivity index (χ1n) is 8.99. The molecule has 7 nitrogen and oxygen atoms in total. The molecular weight excluding hydrogens is 448 g/mol. The van der Waals surface area contributed by atoms with Crippen molar-refractivity contribution in [3.8, 4) is 11.5 Å². The number of ether oxygens (including phenoxy) is 3. The molecular formula is C19H21BrN2O5S. The molecule has 4 rings (SSSR count). The van der Waals surface area contributed by atoms with Crippen LogP contribution in [0.5, 0.6) is 11.5 Å². The molecule has 2 aliphatic heterocycles. The van der Waals surface area contributed by atoms with Gasteiger partial charge in [-0.05, 0) is 42.0 Å². The van der Waals surface area contributed by atoms with Crippen LogP contribution in [0.2, 0.25) is 0 Å². The minimum Gasteiger partial charge on any atom is -0.454 e. The molecule has 0 bridgehead atoms. The lowest BCUT2D eigenvalue weighted by Crippen LogP contribution is -2.43. The summed E-state index contributed by atoms with van der Waals surface area (Å²) in [7, 11) is -3.61. The van der Waals surface area contributed by atoms with Crippen molar-refractivity contribution in [2.75, 3.05) is 39.6 Å². The molecule has 1 fully saturated rings. The quantitative estimate of drug-likeness (QED) is 0.701. The molecule has 0 amide bonds. The minimum absolute atomic E-state index is 0.136. The summed E-state index contributed by atoms with van der Waals surface area (Å²) >= 11 is 3.33. The SMILES string of the molecule is O=S(=O)(NC[C@H](c1ccc2c(c1)OCO2)N1CCOCC1)c1ccc(Br)cc1. The third-order valence-corrected chi connectivity index (χ3v) is 6.83. The van der Waals surface area contributed by atoms with Gasteiger partial charge in [-0.3, -0.25) is 4.90 Å². The Balaban J connectivity index is 1.56. The lowest BCUT2D eigenvalue weighted by atomic mass is 10.0. The standard InChI is InChI=1S/C19H21BrN2O5S/c20-15-2-4-16(5-3-15)28(23,24)21-12-17(22-7-9-25-10-8-22)14-1-6-18-19(11-14)27-13-26-18/h1-6,11,17,21H,7-10,12-13H2/t17-/m1/s1. The first-order valence-corrected chi connectivity index (χ1v) is 11.3. The number of fused-ring (bicyclic) bond motifs is 1. The maximum absolute atomic E-state index is 12.7. The van der Waals surface area contributed by atoms with E-state index in [1.165, 1.54) is 0 Å². The van der Waals surface area contributed by atoms with Crippen LogP contribution in [-0.4, -0.2) is 53.0 Å². The number of halogens is 1. The van der Waals surface area contributed by atoms with Crippen molar-refractivity contribution in [2.45, 2.75) is 10.9 Å². The van der Waals surface area contributed by atoms with E-state index in [-0.39, 0.29) is 24.3 Å². The number of morpholine rings is 1. The Morgan fingerprint density at radius 2 is 1.75 bits per heavy atom. The van der Waals surface area contributed by atoms with Gasteiger partial charge < -0.3 is 14.2 Å². The van der Waals surface area contributed by atoms with Crippen LogP contribution < -0.4 is 14.2 Å². The molecule has 1 saturated heterocycles. The van der Waals surface area contributed by atoms with E-state index >= 15 is 0 Å². The van der Waals surface area contributed by atoms with Crippen molar-refractivity contribution in [3.63, 3.8) is 0 Å². The van der Waals surface area contributed by atoms with Gasteiger partial charge in [0.1, 0.15) is 0 Å². The van der Waals surface area contributed by atoms with Crippen LogP contribution in [0.15, 0.2) is 51.8 Å². The summed E-state index contributed by atoms with van der Waals surface area (Å²) in [6, 6.07) is 12.2. The number of nitrogens with zero attached hydrogens (tertiary/aromatic N) is 1. The molecule has 2 aliphatic rings. The lowest BCUT2D eigenvalue weighted by molar-refractivity contribution is 0.0171. The van der Waals surface area contributed by atoms with E-state index in [0.29, 0.717) is 24.7 Å². The van der Waals surface area contributed by atoms with Crippen LogP contribution in [0.3, 0.4) is 0 Å². The molecule has 9 heteroatoms. The predicted octanol–water partition coefficient (Wildman–Crippen LogP) is 2.53. The minimum atomic E-state index is -3.61. The molecule has 150 valence electrons. The topological polar surface area (TPSA) is 77.1 Å². The third-order valence-electron chi connectivity index (χ3n) is 4.86. The van der Waals surface area contributed by atoms with E-state index in [1.54, 1.807) is 24.3 Å². The first kappa shape index (κ1) is 19.7. The van der Waals surface area contributed by atoms with E-state index < -0.39 is 10.0 Å². The number of nitrogens with one attached hydrogen (secondary N) is 1. The fourth-order valence-electron chi connectivity index (χ4n) is 3.35. The van der Waals surface area contributed by atoms with Gasteiger partial charge in [-0.25, -0.2) is 13.1 Å². The van der Waals surface area contributed by atoms with Gasteiger partial charge in [0.25, 0.3) is 0 Å². The number of benzene rings is 2. The molecule has 1 N–H and O–H groups in total. The van der Waals surface area contributed by atoms with Gasteiger partial charge in [-0.15, -0.1) is 0 Å². The Kier molecular flexibility index (Phi) is 5.88. The second-order valence-electron chi connectivity index (χ2n) is 6.58. The second-order valence-corrected chi connectivity index (χ2v) is 9.27. The molecule has 0 saturated carbocycles. The van der Waals surface area contributed by atoms with Crippen LogP contribution >= 0.6 is 15.9 Å². The van der Waals surface area contributed by atoms with Crippen molar-refractivity contribution in [1.82, 2.24) is 9.62 Å². The highest BCUT2D eigenvalue weighted by Crippen LogP contribution is 2.35. The largest absolute Gasteiger partial charge is 0.454 e. The highest BCUT2D eigenvalue weighted by molar-refractivity contribution is 9.10. The zero-order valence-corrected chi connectivity index (χ0v) is 17.5. The summed E-state index contributed by atoms with van der Waals surface area (Å²) in [5, 5.41) is 0. The van der Waals surface area contributed by atoms with Crippen LogP contribution in [0, 0.1) is 0 Å². The molecule has 2 heterocycles. The van der Waals surface area contributed by atoms with Gasteiger partial charge in [0.15, 0.2) is 11.5 Å². The van der Waals surface area contributed by atoms with Gasteiger partial charge in [-0.1, -0.05) is 22.0 Å².